The number of hydrogen-bond acceptors (Lipinski definition) is 6. The molecule has 0 aliphatic rings. The zero-order valence-electron chi connectivity index (χ0n) is 18.5. The third kappa shape index (κ3) is 4.69. The fourth-order valence-electron chi connectivity index (χ4n) is 3.66. The number of benzene rings is 3. The van der Waals surface area contributed by atoms with E-state index in [1.807, 2.05) is 71.3 Å². The molecule has 0 unspecified atom stereocenters. The van der Waals surface area contributed by atoms with Crippen molar-refractivity contribution in [3.05, 3.63) is 106 Å². The Balaban J connectivity index is 1.47. The Morgan fingerprint density at radius 3 is 2.53 bits per heavy atom. The molecule has 0 aliphatic carbocycles. The van der Waals surface area contributed by atoms with Gasteiger partial charge in [-0.05, 0) is 42.0 Å². The van der Waals surface area contributed by atoms with Gasteiger partial charge in [-0.2, -0.15) is 0 Å². The second-order valence-corrected chi connectivity index (χ2v) is 9.46. The lowest BCUT2D eigenvalue weighted by molar-refractivity contribution is 0.414. The molecule has 5 aromatic rings. The molecule has 0 atom stereocenters. The van der Waals surface area contributed by atoms with E-state index in [9.17, 15) is 4.79 Å². The predicted octanol–water partition coefficient (Wildman–Crippen LogP) is 5.51. The summed E-state index contributed by atoms with van der Waals surface area (Å²) in [6.07, 6.45) is 4.21. The van der Waals surface area contributed by atoms with Crippen molar-refractivity contribution in [1.29, 1.82) is 0 Å². The number of rotatable bonds is 8. The molecule has 6 nitrogen and oxygen atoms in total. The van der Waals surface area contributed by atoms with Crippen LogP contribution in [0.4, 0.5) is 0 Å². The summed E-state index contributed by atoms with van der Waals surface area (Å²) in [7, 11) is 1.65. The molecule has 34 heavy (non-hydrogen) atoms. The number of fused-ring (bicyclic) bond motifs is 1. The molecule has 8 heteroatoms. The molecule has 0 radical (unpaired) electrons. The summed E-state index contributed by atoms with van der Waals surface area (Å²) in [5.41, 5.74) is 2.98. The Hall–Kier alpha value is -3.62. The Morgan fingerprint density at radius 1 is 0.971 bits per heavy atom. The summed E-state index contributed by atoms with van der Waals surface area (Å²) in [4.78, 5) is 12.7. The van der Waals surface area contributed by atoms with Gasteiger partial charge >= 0.3 is 4.87 Å². The Kier molecular flexibility index (Phi) is 6.60. The van der Waals surface area contributed by atoms with Crippen molar-refractivity contribution in [2.75, 3.05) is 12.9 Å². The van der Waals surface area contributed by atoms with Crippen molar-refractivity contribution >= 4 is 39.4 Å². The van der Waals surface area contributed by atoms with Crippen LogP contribution in [0.2, 0.25) is 0 Å². The van der Waals surface area contributed by atoms with E-state index in [-0.39, 0.29) is 4.87 Å². The van der Waals surface area contributed by atoms with Crippen LogP contribution in [-0.2, 0) is 6.54 Å². The van der Waals surface area contributed by atoms with Crippen LogP contribution in [-0.4, -0.2) is 32.2 Å². The molecule has 170 valence electrons. The third-order valence-corrected chi connectivity index (χ3v) is 7.16. The summed E-state index contributed by atoms with van der Waals surface area (Å²) in [6.45, 7) is 0.336. The van der Waals surface area contributed by atoms with Gasteiger partial charge in [-0.15, -0.1) is 10.2 Å². The first-order valence-electron chi connectivity index (χ1n) is 10.7. The van der Waals surface area contributed by atoms with Gasteiger partial charge in [0.1, 0.15) is 5.75 Å². The van der Waals surface area contributed by atoms with Gasteiger partial charge in [-0.1, -0.05) is 77.7 Å². The lowest BCUT2D eigenvalue weighted by atomic mass is 10.2. The van der Waals surface area contributed by atoms with E-state index in [0.717, 1.165) is 38.1 Å². The summed E-state index contributed by atoms with van der Waals surface area (Å²) < 4.78 is 10.1. The molecule has 0 saturated carbocycles. The van der Waals surface area contributed by atoms with E-state index in [1.54, 1.807) is 23.4 Å². The van der Waals surface area contributed by atoms with Crippen LogP contribution >= 0.6 is 23.1 Å². The minimum Gasteiger partial charge on any atom is -0.497 e. The first-order valence-corrected chi connectivity index (χ1v) is 12.5. The zero-order valence-corrected chi connectivity index (χ0v) is 20.1. The summed E-state index contributed by atoms with van der Waals surface area (Å²) >= 11 is 2.84. The van der Waals surface area contributed by atoms with Gasteiger partial charge in [0.15, 0.2) is 11.0 Å². The average molecular weight is 487 g/mol. The van der Waals surface area contributed by atoms with Crippen molar-refractivity contribution in [3.63, 3.8) is 0 Å². The molecule has 0 fully saturated rings. The quantitative estimate of drug-likeness (QED) is 0.271. The number of ether oxygens (including phenoxy) is 1. The van der Waals surface area contributed by atoms with Crippen LogP contribution in [0.5, 0.6) is 5.75 Å². The van der Waals surface area contributed by atoms with E-state index >= 15 is 0 Å². The number of thiazole rings is 1. The number of nitrogens with zero attached hydrogens (tertiary/aromatic N) is 4. The van der Waals surface area contributed by atoms with Crippen LogP contribution in [0.3, 0.4) is 0 Å². The highest BCUT2D eigenvalue weighted by atomic mass is 32.2. The zero-order chi connectivity index (χ0) is 23.3. The monoisotopic (exact) mass is 486 g/mol. The number of para-hydroxylation sites is 1. The molecule has 2 aromatic heterocycles. The first-order chi connectivity index (χ1) is 16.7. The van der Waals surface area contributed by atoms with Crippen LogP contribution in [0.1, 0.15) is 11.4 Å². The maximum atomic E-state index is 12.7. The molecule has 2 heterocycles. The maximum absolute atomic E-state index is 12.7. The minimum absolute atomic E-state index is 0.00882. The standard InChI is InChI=1S/C26H22N4O2S2/c1-32-21-15-13-20(14-16-21)30-24(18-29-22-11-5-6-12-23(22)34-26(29)31)27-28-25(30)33-17-7-10-19-8-3-2-4-9-19/h2-16H,17-18H2,1H3/b10-7+. The lowest BCUT2D eigenvalue weighted by Gasteiger charge is -2.11. The highest BCUT2D eigenvalue weighted by molar-refractivity contribution is 7.99. The van der Waals surface area contributed by atoms with Crippen molar-refractivity contribution < 1.29 is 4.74 Å². The maximum Gasteiger partial charge on any atom is 0.308 e. The first kappa shape index (κ1) is 22.2. The van der Waals surface area contributed by atoms with Gasteiger partial charge in [0.25, 0.3) is 0 Å². The second kappa shape index (κ2) is 10.1. The van der Waals surface area contributed by atoms with Crippen LogP contribution in [0.25, 0.3) is 22.0 Å². The average Bonchev–Trinajstić information content (AvgIpc) is 3.43. The fourth-order valence-corrected chi connectivity index (χ4v) is 5.33. The van der Waals surface area contributed by atoms with E-state index in [4.69, 9.17) is 4.74 Å². The molecule has 5 rings (SSSR count). The molecule has 0 saturated heterocycles. The summed E-state index contributed by atoms with van der Waals surface area (Å²) in [6, 6.07) is 25.8. The number of methoxy groups -OCH3 is 1. The van der Waals surface area contributed by atoms with Gasteiger partial charge in [-0.3, -0.25) is 13.9 Å². The highest BCUT2D eigenvalue weighted by Gasteiger charge is 2.17. The second-order valence-electron chi connectivity index (χ2n) is 7.48. The van der Waals surface area contributed by atoms with Crippen LogP contribution < -0.4 is 9.61 Å². The number of hydrogen-bond donors (Lipinski definition) is 0. The van der Waals surface area contributed by atoms with Crippen LogP contribution in [0, 0.1) is 0 Å². The molecule has 0 bridgehead atoms. The van der Waals surface area contributed by atoms with Gasteiger partial charge < -0.3 is 4.74 Å². The van der Waals surface area contributed by atoms with Gasteiger partial charge in [0.05, 0.1) is 23.9 Å². The summed E-state index contributed by atoms with van der Waals surface area (Å²) in [5.74, 6) is 2.22. The fraction of sp³-hybridized carbons (Fsp3) is 0.115. The highest BCUT2D eigenvalue weighted by Crippen LogP contribution is 2.25. The minimum atomic E-state index is -0.00882. The predicted molar refractivity (Wildman–Crippen MR) is 139 cm³/mol. The van der Waals surface area contributed by atoms with Crippen molar-refractivity contribution in [3.8, 4) is 11.4 Å². The smallest absolute Gasteiger partial charge is 0.308 e. The Labute approximate surface area is 205 Å². The van der Waals surface area contributed by atoms with E-state index in [2.05, 4.69) is 34.5 Å². The lowest BCUT2D eigenvalue weighted by Crippen LogP contribution is -2.16. The molecule has 3 aromatic carbocycles. The molecular formula is C26H22N4O2S2. The van der Waals surface area contributed by atoms with Crippen molar-refractivity contribution in [2.45, 2.75) is 11.7 Å². The van der Waals surface area contributed by atoms with E-state index in [1.165, 1.54) is 11.3 Å². The van der Waals surface area contributed by atoms with Crippen molar-refractivity contribution in [2.24, 2.45) is 0 Å². The topological polar surface area (TPSA) is 61.9 Å². The van der Waals surface area contributed by atoms with Gasteiger partial charge in [0.2, 0.25) is 0 Å². The SMILES string of the molecule is COc1ccc(-n2c(Cn3c(=O)sc4ccccc43)nnc2SC/C=C/c2ccccc2)cc1. The third-order valence-electron chi connectivity index (χ3n) is 5.32. The molecule has 0 spiro atoms. The van der Waals surface area contributed by atoms with Crippen molar-refractivity contribution in [1.82, 2.24) is 19.3 Å². The summed E-state index contributed by atoms with van der Waals surface area (Å²) in [5, 5.41) is 9.71. The van der Waals surface area contributed by atoms with Crippen LogP contribution in [0.15, 0.2) is 94.9 Å². The molecular weight excluding hydrogens is 464 g/mol. The van der Waals surface area contributed by atoms with E-state index < -0.39 is 0 Å². The Morgan fingerprint density at radius 2 is 1.74 bits per heavy atom. The Bertz CT molecular complexity index is 1490. The number of aromatic nitrogens is 4. The number of thioether (sulfide) groups is 1. The van der Waals surface area contributed by atoms with E-state index in [0.29, 0.717) is 12.4 Å². The normalized spacial score (nSPS) is 11.4. The molecule has 0 N–H and O–H groups in total. The largest absolute Gasteiger partial charge is 0.497 e. The van der Waals surface area contributed by atoms with Gasteiger partial charge in [-0.25, -0.2) is 0 Å². The van der Waals surface area contributed by atoms with Gasteiger partial charge in [0, 0.05) is 11.4 Å². The molecule has 0 amide bonds. The molecule has 0 aliphatic heterocycles.